The summed E-state index contributed by atoms with van der Waals surface area (Å²) in [6.45, 7) is 11.4. The van der Waals surface area contributed by atoms with E-state index in [0.29, 0.717) is 19.7 Å². The average molecular weight is 346 g/mol. The fourth-order valence-corrected chi connectivity index (χ4v) is 3.42. The first-order valence-corrected chi connectivity index (χ1v) is 9.38. The predicted molar refractivity (Wildman–Crippen MR) is 98.3 cm³/mol. The highest BCUT2D eigenvalue weighted by Crippen LogP contribution is 2.14. The van der Waals surface area contributed by atoms with Gasteiger partial charge in [0.2, 0.25) is 0 Å². The van der Waals surface area contributed by atoms with Gasteiger partial charge in [0, 0.05) is 52.4 Å². The molecule has 2 aliphatic heterocycles. The Morgan fingerprint density at radius 2 is 1.92 bits per heavy atom. The van der Waals surface area contributed by atoms with Crippen molar-refractivity contribution in [2.24, 2.45) is 0 Å². The van der Waals surface area contributed by atoms with Crippen LogP contribution in [0.1, 0.15) is 18.1 Å². The maximum Gasteiger partial charge on any atom is 0.250 e. The molecule has 2 heterocycles. The molecule has 1 atom stereocenters. The number of likely N-dealkylation sites (N-methyl/N-ethyl adjacent to an activating group) is 1. The third-order valence-electron chi connectivity index (χ3n) is 5.10. The number of amides is 1. The second kappa shape index (κ2) is 9.29. The highest BCUT2D eigenvalue weighted by molar-refractivity contribution is 5.81. The van der Waals surface area contributed by atoms with Crippen LogP contribution in [0.4, 0.5) is 0 Å². The molecule has 2 saturated heterocycles. The van der Waals surface area contributed by atoms with Crippen LogP contribution < -0.4 is 10.6 Å². The summed E-state index contributed by atoms with van der Waals surface area (Å²) in [5.74, 6) is -0.0291. The monoisotopic (exact) mass is 346 g/mol. The molecule has 25 heavy (non-hydrogen) atoms. The van der Waals surface area contributed by atoms with Crippen molar-refractivity contribution in [3.8, 4) is 0 Å². The van der Waals surface area contributed by atoms with Crippen LogP contribution in [0.5, 0.6) is 0 Å². The van der Waals surface area contributed by atoms with Crippen LogP contribution in [0.2, 0.25) is 0 Å². The molecule has 2 aliphatic rings. The fraction of sp³-hybridized carbons (Fsp3) is 0.632. The SMILES string of the molecule is CCN1CCN(Cc2ccccc2CNC(=O)C2CNCCO2)CC1. The lowest BCUT2D eigenvalue weighted by Crippen LogP contribution is -2.47. The van der Waals surface area contributed by atoms with Crippen LogP contribution in [0.15, 0.2) is 24.3 Å². The summed E-state index contributed by atoms with van der Waals surface area (Å²) in [7, 11) is 0. The first-order valence-electron chi connectivity index (χ1n) is 9.38. The molecule has 0 aromatic heterocycles. The number of nitrogens with one attached hydrogen (secondary N) is 2. The third kappa shape index (κ3) is 5.25. The van der Waals surface area contributed by atoms with Crippen molar-refractivity contribution in [1.29, 1.82) is 0 Å². The van der Waals surface area contributed by atoms with Gasteiger partial charge in [-0.1, -0.05) is 31.2 Å². The summed E-state index contributed by atoms with van der Waals surface area (Å²) >= 11 is 0. The molecule has 1 aromatic carbocycles. The quantitative estimate of drug-likeness (QED) is 0.782. The Kier molecular flexibility index (Phi) is 6.81. The smallest absolute Gasteiger partial charge is 0.250 e. The van der Waals surface area contributed by atoms with E-state index in [1.54, 1.807) is 0 Å². The maximum atomic E-state index is 12.2. The van der Waals surface area contributed by atoms with E-state index in [-0.39, 0.29) is 12.0 Å². The number of rotatable bonds is 6. The van der Waals surface area contributed by atoms with Gasteiger partial charge in [0.1, 0.15) is 6.10 Å². The molecule has 0 radical (unpaired) electrons. The molecule has 1 amide bonds. The molecule has 2 N–H and O–H groups in total. The normalized spacial score (nSPS) is 22.7. The van der Waals surface area contributed by atoms with E-state index in [2.05, 4.69) is 45.6 Å². The second-order valence-corrected chi connectivity index (χ2v) is 6.76. The summed E-state index contributed by atoms with van der Waals surface area (Å²) in [5.41, 5.74) is 2.49. The molecular weight excluding hydrogens is 316 g/mol. The van der Waals surface area contributed by atoms with Gasteiger partial charge >= 0.3 is 0 Å². The molecule has 1 aromatic rings. The number of hydrogen-bond donors (Lipinski definition) is 2. The van der Waals surface area contributed by atoms with Crippen LogP contribution in [0.3, 0.4) is 0 Å². The summed E-state index contributed by atoms with van der Waals surface area (Å²) in [6, 6.07) is 8.40. The molecule has 6 heteroatoms. The topological polar surface area (TPSA) is 56.8 Å². The average Bonchev–Trinajstić information content (AvgIpc) is 2.68. The van der Waals surface area contributed by atoms with Crippen LogP contribution in [-0.2, 0) is 22.6 Å². The Morgan fingerprint density at radius 1 is 1.20 bits per heavy atom. The minimum atomic E-state index is -0.372. The van der Waals surface area contributed by atoms with Crippen molar-refractivity contribution in [3.63, 3.8) is 0 Å². The van der Waals surface area contributed by atoms with Gasteiger partial charge in [-0.3, -0.25) is 9.69 Å². The van der Waals surface area contributed by atoms with E-state index in [1.165, 1.54) is 11.1 Å². The van der Waals surface area contributed by atoms with Crippen LogP contribution in [-0.4, -0.2) is 74.2 Å². The lowest BCUT2D eigenvalue weighted by molar-refractivity contribution is -0.134. The van der Waals surface area contributed by atoms with E-state index >= 15 is 0 Å². The van der Waals surface area contributed by atoms with E-state index in [4.69, 9.17) is 4.74 Å². The summed E-state index contributed by atoms with van der Waals surface area (Å²) in [5, 5.41) is 6.22. The Labute approximate surface area is 150 Å². The van der Waals surface area contributed by atoms with E-state index < -0.39 is 0 Å². The third-order valence-corrected chi connectivity index (χ3v) is 5.10. The predicted octanol–water partition coefficient (Wildman–Crippen LogP) is 0.429. The molecule has 0 saturated carbocycles. The molecule has 3 rings (SSSR count). The Balaban J connectivity index is 1.53. The van der Waals surface area contributed by atoms with Crippen LogP contribution >= 0.6 is 0 Å². The Hall–Kier alpha value is -1.47. The molecule has 0 bridgehead atoms. The maximum absolute atomic E-state index is 12.2. The standard InChI is InChI=1S/C19H30N4O2/c1-2-22-8-10-23(11-9-22)15-17-6-4-3-5-16(17)13-21-19(24)18-14-20-7-12-25-18/h3-6,18,20H,2,7-15H2,1H3,(H,21,24). The van der Waals surface area contributed by atoms with Gasteiger partial charge in [-0.15, -0.1) is 0 Å². The van der Waals surface area contributed by atoms with Crippen molar-refractivity contribution in [2.45, 2.75) is 26.1 Å². The second-order valence-electron chi connectivity index (χ2n) is 6.76. The minimum absolute atomic E-state index is 0.0291. The van der Waals surface area contributed by atoms with Crippen molar-refractivity contribution in [1.82, 2.24) is 20.4 Å². The van der Waals surface area contributed by atoms with Gasteiger partial charge in [0.15, 0.2) is 0 Å². The van der Waals surface area contributed by atoms with Gasteiger partial charge < -0.3 is 20.3 Å². The Morgan fingerprint density at radius 3 is 2.60 bits per heavy atom. The molecule has 6 nitrogen and oxygen atoms in total. The Bertz CT molecular complexity index is 552. The van der Waals surface area contributed by atoms with Crippen LogP contribution in [0.25, 0.3) is 0 Å². The summed E-state index contributed by atoms with van der Waals surface area (Å²) in [4.78, 5) is 17.2. The van der Waals surface area contributed by atoms with E-state index in [1.807, 2.05) is 6.07 Å². The fourth-order valence-electron chi connectivity index (χ4n) is 3.42. The highest BCUT2D eigenvalue weighted by Gasteiger charge is 2.22. The molecule has 1 unspecified atom stereocenters. The highest BCUT2D eigenvalue weighted by atomic mass is 16.5. The molecule has 138 valence electrons. The van der Waals surface area contributed by atoms with Gasteiger partial charge in [0.05, 0.1) is 6.61 Å². The zero-order valence-corrected chi connectivity index (χ0v) is 15.2. The summed E-state index contributed by atoms with van der Waals surface area (Å²) in [6.07, 6.45) is -0.372. The van der Waals surface area contributed by atoms with E-state index in [0.717, 1.165) is 45.8 Å². The number of piperazine rings is 1. The molecule has 0 spiro atoms. The number of morpholine rings is 1. The van der Waals surface area contributed by atoms with Gasteiger partial charge in [-0.25, -0.2) is 0 Å². The largest absolute Gasteiger partial charge is 0.366 e. The molecule has 2 fully saturated rings. The van der Waals surface area contributed by atoms with Gasteiger partial charge in [-0.05, 0) is 17.7 Å². The zero-order valence-electron chi connectivity index (χ0n) is 15.2. The van der Waals surface area contributed by atoms with Gasteiger partial charge in [0.25, 0.3) is 5.91 Å². The first-order chi connectivity index (χ1) is 12.3. The minimum Gasteiger partial charge on any atom is -0.366 e. The van der Waals surface area contributed by atoms with Crippen molar-refractivity contribution >= 4 is 5.91 Å². The lowest BCUT2D eigenvalue weighted by Gasteiger charge is -2.34. The van der Waals surface area contributed by atoms with E-state index in [9.17, 15) is 4.79 Å². The number of nitrogens with zero attached hydrogens (tertiary/aromatic N) is 2. The molecular formula is C19H30N4O2. The van der Waals surface area contributed by atoms with Crippen molar-refractivity contribution < 1.29 is 9.53 Å². The zero-order chi connectivity index (χ0) is 17.5. The number of carbonyl (C=O) groups is 1. The number of carbonyl (C=O) groups excluding carboxylic acids is 1. The van der Waals surface area contributed by atoms with Crippen LogP contribution in [0, 0.1) is 0 Å². The molecule has 0 aliphatic carbocycles. The van der Waals surface area contributed by atoms with Crippen molar-refractivity contribution in [2.75, 3.05) is 52.4 Å². The number of hydrogen-bond acceptors (Lipinski definition) is 5. The first kappa shape index (κ1) is 18.3. The number of ether oxygens (including phenoxy) is 1. The lowest BCUT2D eigenvalue weighted by atomic mass is 10.1. The van der Waals surface area contributed by atoms with Crippen molar-refractivity contribution in [3.05, 3.63) is 35.4 Å². The van der Waals surface area contributed by atoms with Gasteiger partial charge in [-0.2, -0.15) is 0 Å². The number of benzene rings is 1. The summed E-state index contributed by atoms with van der Waals surface area (Å²) < 4.78 is 5.51.